The third-order valence-corrected chi connectivity index (χ3v) is 6.93. The summed E-state index contributed by atoms with van der Waals surface area (Å²) in [6.07, 6.45) is 4.03. The predicted molar refractivity (Wildman–Crippen MR) is 128 cm³/mol. The number of hydrogen-bond acceptors (Lipinski definition) is 4. The van der Waals surface area contributed by atoms with Gasteiger partial charge in [-0.1, -0.05) is 23.8 Å². The van der Waals surface area contributed by atoms with Gasteiger partial charge in [-0.3, -0.25) is 9.89 Å². The van der Waals surface area contributed by atoms with Gasteiger partial charge >= 0.3 is 0 Å². The van der Waals surface area contributed by atoms with E-state index >= 15 is 0 Å². The number of fused-ring (bicyclic) bond motifs is 1. The monoisotopic (exact) mass is 454 g/mol. The van der Waals surface area contributed by atoms with Gasteiger partial charge in [-0.25, -0.2) is 4.68 Å². The number of rotatable bonds is 4. The lowest BCUT2D eigenvalue weighted by Crippen LogP contribution is -2.26. The molecule has 6 rings (SSSR count). The molecule has 0 unspecified atom stereocenters. The van der Waals surface area contributed by atoms with E-state index in [1.807, 2.05) is 57.7 Å². The summed E-state index contributed by atoms with van der Waals surface area (Å²) in [6, 6.07) is 16.2. The quantitative estimate of drug-likeness (QED) is 0.420. The van der Waals surface area contributed by atoms with E-state index in [1.54, 1.807) is 11.3 Å². The van der Waals surface area contributed by atoms with Crippen LogP contribution in [0.5, 0.6) is 0 Å². The van der Waals surface area contributed by atoms with Gasteiger partial charge in [-0.05, 0) is 55.1 Å². The summed E-state index contributed by atoms with van der Waals surface area (Å²) in [6.45, 7) is 5.15. The summed E-state index contributed by atoms with van der Waals surface area (Å²) in [5.41, 5.74) is 6.69. The zero-order valence-corrected chi connectivity index (χ0v) is 19.1. The van der Waals surface area contributed by atoms with Crippen LogP contribution in [0, 0.1) is 13.8 Å². The third-order valence-electron chi connectivity index (χ3n) is 6.03. The molecule has 8 heteroatoms. The Labute approximate surface area is 194 Å². The number of carbonyl (C=O) groups excluding carboxylic acids is 1. The molecule has 5 heterocycles. The van der Waals surface area contributed by atoms with E-state index in [9.17, 15) is 4.79 Å². The van der Waals surface area contributed by atoms with E-state index in [2.05, 4.69) is 46.8 Å². The number of aromatic nitrogens is 5. The van der Waals surface area contributed by atoms with Crippen molar-refractivity contribution in [1.29, 1.82) is 0 Å². The predicted octanol–water partition coefficient (Wildman–Crippen LogP) is 4.89. The van der Waals surface area contributed by atoms with E-state index in [0.29, 0.717) is 18.8 Å². The summed E-state index contributed by atoms with van der Waals surface area (Å²) in [5, 5.41) is 14.2. The number of thiophene rings is 1. The first-order valence-corrected chi connectivity index (χ1v) is 11.7. The number of amides is 1. The van der Waals surface area contributed by atoms with Crippen LogP contribution in [0.4, 0.5) is 0 Å². The topological polar surface area (TPSA) is 71.7 Å². The molecule has 0 spiro atoms. The number of aromatic amines is 1. The van der Waals surface area contributed by atoms with Crippen molar-refractivity contribution in [3.8, 4) is 22.1 Å². The van der Waals surface area contributed by atoms with Gasteiger partial charge in [0.05, 0.1) is 35.0 Å². The molecule has 0 atom stereocenters. The fourth-order valence-electron chi connectivity index (χ4n) is 4.45. The van der Waals surface area contributed by atoms with Crippen molar-refractivity contribution in [3.63, 3.8) is 0 Å². The molecule has 0 saturated heterocycles. The Kier molecular flexibility index (Phi) is 4.55. The second-order valence-electron chi connectivity index (χ2n) is 8.35. The molecule has 0 fully saturated rings. The molecule has 1 aliphatic heterocycles. The standard InChI is InChI=1S/C25H22N6OS/c1-16-7-8-22(17(2)12-16)31-24(29-9-3-4-10-29)18-14-30(15-21(18)28-31)25(32)20-13-19(26-27-20)23-6-5-11-33-23/h3-13H,14-15H2,1-2H3,(H,26,27). The molecule has 0 saturated carbocycles. The molecule has 1 aromatic carbocycles. The molecular formula is C25H22N6OS. The molecule has 0 radical (unpaired) electrons. The van der Waals surface area contributed by atoms with Crippen molar-refractivity contribution in [3.05, 3.63) is 94.4 Å². The van der Waals surface area contributed by atoms with Crippen LogP contribution < -0.4 is 0 Å². The first-order valence-electron chi connectivity index (χ1n) is 10.8. The van der Waals surface area contributed by atoms with Gasteiger partial charge in [0.2, 0.25) is 0 Å². The number of carbonyl (C=O) groups is 1. The molecule has 7 nitrogen and oxygen atoms in total. The van der Waals surface area contributed by atoms with E-state index in [-0.39, 0.29) is 5.91 Å². The smallest absolute Gasteiger partial charge is 0.275 e. The minimum Gasteiger partial charge on any atom is -0.327 e. The zero-order valence-electron chi connectivity index (χ0n) is 18.3. The number of hydrogen-bond donors (Lipinski definition) is 1. The van der Waals surface area contributed by atoms with Crippen LogP contribution in [0.2, 0.25) is 0 Å². The van der Waals surface area contributed by atoms with Crippen molar-refractivity contribution >= 4 is 17.2 Å². The van der Waals surface area contributed by atoms with Gasteiger partial charge in [-0.15, -0.1) is 11.3 Å². The Morgan fingerprint density at radius 3 is 2.67 bits per heavy atom. The summed E-state index contributed by atoms with van der Waals surface area (Å²) < 4.78 is 4.08. The first kappa shape index (κ1) is 19.8. The zero-order chi connectivity index (χ0) is 22.5. The third kappa shape index (κ3) is 3.30. The second-order valence-corrected chi connectivity index (χ2v) is 9.29. The molecule has 1 aliphatic rings. The molecule has 0 aliphatic carbocycles. The summed E-state index contributed by atoms with van der Waals surface area (Å²) in [7, 11) is 0. The number of H-pyrrole nitrogens is 1. The summed E-state index contributed by atoms with van der Waals surface area (Å²) >= 11 is 1.61. The maximum atomic E-state index is 13.2. The van der Waals surface area contributed by atoms with Crippen LogP contribution >= 0.6 is 11.3 Å². The van der Waals surface area contributed by atoms with Gasteiger partial charge in [0.25, 0.3) is 5.91 Å². The highest BCUT2D eigenvalue weighted by Crippen LogP contribution is 2.32. The number of nitrogens with one attached hydrogen (secondary N) is 1. The maximum absolute atomic E-state index is 13.2. The number of aryl methyl sites for hydroxylation is 2. The Hall–Kier alpha value is -3.91. The molecule has 5 aromatic rings. The Morgan fingerprint density at radius 2 is 1.91 bits per heavy atom. The number of benzene rings is 1. The van der Waals surface area contributed by atoms with Crippen LogP contribution in [0.25, 0.3) is 22.1 Å². The van der Waals surface area contributed by atoms with E-state index < -0.39 is 0 Å². The van der Waals surface area contributed by atoms with Crippen LogP contribution in [0.3, 0.4) is 0 Å². The molecule has 1 N–H and O–H groups in total. The van der Waals surface area contributed by atoms with Gasteiger partial charge in [0.15, 0.2) is 5.69 Å². The molecule has 0 bridgehead atoms. The number of nitrogens with zero attached hydrogens (tertiary/aromatic N) is 5. The van der Waals surface area contributed by atoms with Crippen LogP contribution in [0.15, 0.2) is 66.3 Å². The highest BCUT2D eigenvalue weighted by atomic mass is 32.1. The van der Waals surface area contributed by atoms with E-state index in [4.69, 9.17) is 5.10 Å². The van der Waals surface area contributed by atoms with E-state index in [0.717, 1.165) is 38.9 Å². The van der Waals surface area contributed by atoms with Crippen LogP contribution in [-0.2, 0) is 13.1 Å². The lowest BCUT2D eigenvalue weighted by Gasteiger charge is -2.17. The van der Waals surface area contributed by atoms with Gasteiger partial charge in [0, 0.05) is 18.0 Å². The van der Waals surface area contributed by atoms with Crippen molar-refractivity contribution in [2.45, 2.75) is 26.9 Å². The van der Waals surface area contributed by atoms with Crippen LogP contribution in [0.1, 0.15) is 32.9 Å². The molecular weight excluding hydrogens is 432 g/mol. The first-order chi connectivity index (χ1) is 16.1. The molecule has 33 heavy (non-hydrogen) atoms. The van der Waals surface area contributed by atoms with Crippen molar-refractivity contribution in [1.82, 2.24) is 29.4 Å². The fraction of sp³-hybridized carbons (Fsp3) is 0.160. The molecule has 4 aromatic heterocycles. The van der Waals surface area contributed by atoms with Gasteiger partial charge in [-0.2, -0.15) is 10.2 Å². The van der Waals surface area contributed by atoms with Gasteiger partial charge in [0.1, 0.15) is 5.82 Å². The largest absolute Gasteiger partial charge is 0.327 e. The van der Waals surface area contributed by atoms with Gasteiger partial charge < -0.3 is 9.47 Å². The minimum atomic E-state index is -0.0939. The molecule has 1 amide bonds. The van der Waals surface area contributed by atoms with Crippen molar-refractivity contribution in [2.75, 3.05) is 0 Å². The highest BCUT2D eigenvalue weighted by molar-refractivity contribution is 7.13. The summed E-state index contributed by atoms with van der Waals surface area (Å²) in [5.74, 6) is 0.877. The van der Waals surface area contributed by atoms with Crippen LogP contribution in [-0.4, -0.2) is 35.4 Å². The lowest BCUT2D eigenvalue weighted by atomic mass is 10.1. The lowest BCUT2D eigenvalue weighted by molar-refractivity contribution is 0.0743. The normalized spacial score (nSPS) is 13.0. The second kappa shape index (κ2) is 7.60. The maximum Gasteiger partial charge on any atom is 0.275 e. The van der Waals surface area contributed by atoms with Crippen molar-refractivity contribution < 1.29 is 4.79 Å². The fourth-order valence-corrected chi connectivity index (χ4v) is 5.14. The summed E-state index contributed by atoms with van der Waals surface area (Å²) in [4.78, 5) is 16.1. The highest BCUT2D eigenvalue weighted by Gasteiger charge is 2.33. The SMILES string of the molecule is Cc1ccc(-n2nc3c(c2-n2cccc2)CN(C(=O)c2cc(-c4cccs4)[nH]n2)C3)c(C)c1. The Balaban J connectivity index is 1.35. The van der Waals surface area contributed by atoms with E-state index in [1.165, 1.54) is 5.56 Å². The Bertz CT molecular complexity index is 1460. The Morgan fingerprint density at radius 1 is 1.06 bits per heavy atom. The molecule has 164 valence electrons. The van der Waals surface area contributed by atoms with Crippen molar-refractivity contribution in [2.24, 2.45) is 0 Å². The average molecular weight is 455 g/mol. The minimum absolute atomic E-state index is 0.0939. The average Bonchev–Trinajstić information content (AvgIpc) is 3.61.